The van der Waals surface area contributed by atoms with E-state index in [1.54, 1.807) is 0 Å². The second-order valence-electron chi connectivity index (χ2n) is 9.96. The first kappa shape index (κ1) is 33.7. The van der Waals surface area contributed by atoms with Crippen LogP contribution in [-0.2, 0) is 23.7 Å². The summed E-state index contributed by atoms with van der Waals surface area (Å²) >= 11 is 0. The zero-order chi connectivity index (χ0) is 30.3. The van der Waals surface area contributed by atoms with Gasteiger partial charge in [-0.05, 0) is 0 Å². The van der Waals surface area contributed by atoms with Crippen LogP contribution in [-0.4, -0.2) is 185 Å². The Kier molecular flexibility index (Phi) is 10.8. The first-order valence-corrected chi connectivity index (χ1v) is 12.2. The van der Waals surface area contributed by atoms with Gasteiger partial charge in [-0.3, -0.25) is 0 Å². The zero-order valence-corrected chi connectivity index (χ0v) is 20.9. The Morgan fingerprint density at radius 2 is 1.20 bits per heavy atom. The lowest BCUT2D eigenvalue weighted by Crippen LogP contribution is -2.79. The molecule has 0 aromatic heterocycles. The lowest BCUT2D eigenvalue weighted by Gasteiger charge is -2.54. The Bertz CT molecular complexity index is 825. The molecule has 3 heterocycles. The van der Waals surface area contributed by atoms with Gasteiger partial charge in [0, 0.05) is 0 Å². The molecule has 0 saturated carbocycles. The summed E-state index contributed by atoms with van der Waals surface area (Å²) < 4.78 is 27.1. The highest BCUT2D eigenvalue weighted by Crippen LogP contribution is 2.39. The van der Waals surface area contributed by atoms with Gasteiger partial charge in [-0.1, -0.05) is 0 Å². The largest absolute Gasteiger partial charge is 0.394 e. The van der Waals surface area contributed by atoms with E-state index in [0.717, 1.165) is 0 Å². The average molecular weight is 594 g/mol. The molecule has 236 valence electrons. The van der Waals surface area contributed by atoms with Crippen LogP contribution in [0.25, 0.3) is 0 Å². The molecule has 3 fully saturated rings. The van der Waals surface area contributed by atoms with Crippen molar-refractivity contribution >= 4 is 0 Å². The maximum atomic E-state index is 10.9. The Labute approximate surface area is 226 Å². The van der Waals surface area contributed by atoms with Crippen LogP contribution in [0.3, 0.4) is 0 Å². The third kappa shape index (κ3) is 5.73. The van der Waals surface area contributed by atoms with Gasteiger partial charge in [0.15, 0.2) is 24.5 Å². The van der Waals surface area contributed by atoms with E-state index < -0.39 is 123 Å². The van der Waals surface area contributed by atoms with Gasteiger partial charge in [0.2, 0.25) is 6.29 Å². The first-order valence-electron chi connectivity index (χ1n) is 12.2. The van der Waals surface area contributed by atoms with E-state index in [0.29, 0.717) is 0 Å². The monoisotopic (exact) mass is 593 g/mol. The molecule has 0 bridgehead atoms. The molecule has 18 N–H and O–H groups in total. The fourth-order valence-electron chi connectivity index (χ4n) is 4.85. The minimum Gasteiger partial charge on any atom is -0.394 e. The number of aliphatic hydroxyl groups excluding tert-OH is 9. The van der Waals surface area contributed by atoms with Gasteiger partial charge in [0.25, 0.3) is 5.79 Å². The third-order valence-electron chi connectivity index (χ3n) is 7.46. The van der Waals surface area contributed by atoms with Crippen molar-refractivity contribution in [1.82, 2.24) is 0 Å². The number of rotatable bonds is 9. The molecule has 20 heteroatoms. The zero-order valence-electron chi connectivity index (χ0n) is 20.9. The molecule has 0 aromatic rings. The van der Waals surface area contributed by atoms with Crippen molar-refractivity contribution in [3.05, 3.63) is 0 Å². The molecule has 0 aliphatic carbocycles. The predicted molar refractivity (Wildman–Crippen MR) is 121 cm³/mol. The van der Waals surface area contributed by atoms with E-state index in [1.807, 2.05) is 0 Å². The molecule has 3 aliphatic heterocycles. The summed E-state index contributed by atoms with van der Waals surface area (Å²) in [7, 11) is 0. The molecule has 0 amide bonds. The molecule has 0 aromatic carbocycles. The molecule has 3 rings (SSSR count). The van der Waals surface area contributed by atoms with Crippen LogP contribution in [0.15, 0.2) is 0 Å². The van der Waals surface area contributed by atoms with E-state index in [1.165, 1.54) is 0 Å². The van der Waals surface area contributed by atoms with E-state index in [-0.39, 0.29) is 0 Å². The molecule has 2 unspecified atom stereocenters. The minimum absolute atomic E-state index is 0.734. The Balaban J connectivity index is 1.83. The first-order chi connectivity index (χ1) is 18.6. The van der Waals surface area contributed by atoms with Crippen molar-refractivity contribution < 1.29 is 85.0 Å². The van der Waals surface area contributed by atoms with Crippen LogP contribution in [0.2, 0.25) is 0 Å². The van der Waals surface area contributed by atoms with Crippen molar-refractivity contribution in [2.75, 3.05) is 19.8 Å². The van der Waals surface area contributed by atoms with Crippen molar-refractivity contribution in [3.8, 4) is 0 Å². The summed E-state index contributed by atoms with van der Waals surface area (Å²) in [6, 6.07) is -4.61. The van der Waals surface area contributed by atoms with Gasteiger partial charge >= 0.3 is 0 Å². The molecule has 15 atom stereocenters. The fraction of sp³-hybridized carbons (Fsp3) is 1.00. The van der Waals surface area contributed by atoms with Gasteiger partial charge in [0.1, 0.15) is 48.8 Å². The summed E-state index contributed by atoms with van der Waals surface area (Å²) in [4.78, 5) is 0. The predicted octanol–water partition coefficient (Wildman–Crippen LogP) is -10.3. The third-order valence-corrected chi connectivity index (χ3v) is 7.46. The average Bonchev–Trinajstić information content (AvgIpc) is 2.92. The van der Waals surface area contributed by atoms with Crippen LogP contribution in [0.4, 0.5) is 0 Å². The van der Waals surface area contributed by atoms with Crippen molar-refractivity contribution in [3.63, 3.8) is 0 Å². The van der Waals surface area contributed by atoms with E-state index >= 15 is 0 Å². The quantitative estimate of drug-likeness (QED) is 0.110. The summed E-state index contributed by atoms with van der Waals surface area (Å²) in [5.41, 5.74) is 14.5. The highest BCUT2D eigenvalue weighted by atomic mass is 16.8. The van der Waals surface area contributed by atoms with Crippen molar-refractivity contribution in [1.29, 1.82) is 0 Å². The molecule has 40 heavy (non-hydrogen) atoms. The van der Waals surface area contributed by atoms with E-state index in [9.17, 15) is 61.3 Å². The van der Waals surface area contributed by atoms with Crippen LogP contribution in [0.1, 0.15) is 0 Å². The van der Waals surface area contributed by atoms with E-state index in [4.69, 9.17) is 40.9 Å². The summed E-state index contributed by atoms with van der Waals surface area (Å²) in [6.07, 6.45) is -22.2. The van der Waals surface area contributed by atoms with Crippen LogP contribution in [0, 0.1) is 0 Å². The lowest BCUT2D eigenvalue weighted by atomic mass is 9.79. The fourth-order valence-corrected chi connectivity index (χ4v) is 4.85. The Hall–Kier alpha value is -0.800. The smallest absolute Gasteiger partial charge is 0.250 e. The van der Waals surface area contributed by atoms with Crippen molar-refractivity contribution in [2.24, 2.45) is 17.2 Å². The van der Waals surface area contributed by atoms with Gasteiger partial charge in [-0.25, -0.2) is 0 Å². The maximum absolute atomic E-state index is 10.9. The topological polar surface area (TPSA) is 367 Å². The standard InChI is InChI=1S/C20H39N3O17/c21-6-9(27)12(4(1-24)36-15(6)31)38-16-7(22)10(28)13(5(2-25)37-16)39-17-8(23)11(29)14(30)19(3-26,40-17)20(34,35)18(32)33/h4-18,24-35H,1-3,21-23H2/t4-,5-,6-,7-,8-,9-,10-,11-,12?,13?,14+,15-,16+,17+,19-/m1/s1. The van der Waals surface area contributed by atoms with Gasteiger partial charge in [-0.2, -0.15) is 0 Å². The van der Waals surface area contributed by atoms with Crippen LogP contribution >= 0.6 is 0 Å². The second kappa shape index (κ2) is 12.8. The highest BCUT2D eigenvalue weighted by Gasteiger charge is 2.66. The van der Waals surface area contributed by atoms with Crippen LogP contribution < -0.4 is 17.2 Å². The minimum atomic E-state index is -3.79. The summed E-state index contributed by atoms with van der Waals surface area (Å²) in [5, 5.41) is 121. The number of hydrogen-bond donors (Lipinski definition) is 15. The molecule has 0 radical (unpaired) electrons. The number of ether oxygens (including phenoxy) is 5. The number of aliphatic hydroxyl groups is 12. The lowest BCUT2D eigenvalue weighted by molar-refractivity contribution is -0.438. The van der Waals surface area contributed by atoms with Gasteiger partial charge in [-0.15, -0.1) is 0 Å². The molecule has 0 spiro atoms. The van der Waals surface area contributed by atoms with Crippen molar-refractivity contribution in [2.45, 2.75) is 104 Å². The molecule has 3 saturated heterocycles. The van der Waals surface area contributed by atoms with Gasteiger partial charge < -0.3 is 102 Å². The Morgan fingerprint density at radius 1 is 0.725 bits per heavy atom. The van der Waals surface area contributed by atoms with Crippen LogP contribution in [0.5, 0.6) is 0 Å². The summed E-state index contributed by atoms with van der Waals surface area (Å²) in [5.74, 6) is -3.79. The normalized spacial score (nSPS) is 48.9. The SMILES string of the molecule is N[C@H]1[C@@H](OC2[C@@H](CO)O[C@@H](OC3[C@@H](CO)O[C@@H](O)[C@H](N)[C@H]3O)[C@H](N)[C@H]2O)O[C@@](CO)(C(O)(O)C(O)O)[C@@H](O)[C@@H]1O. The second-order valence-corrected chi connectivity index (χ2v) is 9.96. The summed E-state index contributed by atoms with van der Waals surface area (Å²) in [6.45, 7) is -3.14. The number of nitrogens with two attached hydrogens (primary N) is 3. The molecule has 20 nitrogen and oxygen atoms in total. The van der Waals surface area contributed by atoms with E-state index in [2.05, 4.69) is 0 Å². The molecular formula is C20H39N3O17. The highest BCUT2D eigenvalue weighted by molar-refractivity contribution is 5.09. The number of hydrogen-bond acceptors (Lipinski definition) is 20. The maximum Gasteiger partial charge on any atom is 0.250 e. The van der Waals surface area contributed by atoms with Gasteiger partial charge in [0.05, 0.1) is 37.9 Å². The Morgan fingerprint density at radius 3 is 1.70 bits per heavy atom. The molecule has 3 aliphatic rings. The molecular weight excluding hydrogens is 554 g/mol.